The van der Waals surface area contributed by atoms with E-state index in [0.717, 1.165) is 11.3 Å². The van der Waals surface area contributed by atoms with Crippen LogP contribution >= 0.6 is 0 Å². The molecule has 0 radical (unpaired) electrons. The van der Waals surface area contributed by atoms with Gasteiger partial charge in [-0.05, 0) is 43.7 Å². The Morgan fingerprint density at radius 3 is 2.80 bits per heavy atom. The van der Waals surface area contributed by atoms with E-state index in [0.29, 0.717) is 23.8 Å². The first-order valence-electron chi connectivity index (χ1n) is 8.17. The average molecular weight is 339 g/mol. The van der Waals surface area contributed by atoms with E-state index in [-0.39, 0.29) is 18.2 Å². The molecular formula is C19H21N3O3. The molecular weight excluding hydrogens is 318 g/mol. The predicted octanol–water partition coefficient (Wildman–Crippen LogP) is 2.70. The minimum Gasteiger partial charge on any atom is -0.495 e. The van der Waals surface area contributed by atoms with E-state index in [9.17, 15) is 9.59 Å². The quantitative estimate of drug-likeness (QED) is 0.930. The number of nitrogens with one attached hydrogen (secondary N) is 1. The highest BCUT2D eigenvalue weighted by atomic mass is 16.5. The molecule has 0 saturated carbocycles. The monoisotopic (exact) mass is 339 g/mol. The third-order valence-corrected chi connectivity index (χ3v) is 4.26. The van der Waals surface area contributed by atoms with Crippen molar-refractivity contribution in [2.45, 2.75) is 20.3 Å². The van der Waals surface area contributed by atoms with E-state index in [1.165, 1.54) is 0 Å². The summed E-state index contributed by atoms with van der Waals surface area (Å²) in [6.45, 7) is 4.15. The summed E-state index contributed by atoms with van der Waals surface area (Å²) in [6, 6.07) is 11.1. The van der Waals surface area contributed by atoms with Crippen molar-refractivity contribution in [1.29, 1.82) is 0 Å². The van der Waals surface area contributed by atoms with Crippen molar-refractivity contribution >= 4 is 23.3 Å². The largest absolute Gasteiger partial charge is 0.495 e. The standard InChI is InChI=1S/C19H21N3O3/c1-12-7-8-16(25-3)15(9-12)22-11-14(10-18(22)23)19(24)21-17-6-4-5-13(2)20-17/h4-9,14H,10-11H2,1-3H3,(H,20,21,24). The number of amides is 2. The molecule has 1 fully saturated rings. The Labute approximate surface area is 146 Å². The Bertz CT molecular complexity index is 819. The molecule has 2 heterocycles. The van der Waals surface area contributed by atoms with Gasteiger partial charge in [-0.2, -0.15) is 0 Å². The van der Waals surface area contributed by atoms with E-state index >= 15 is 0 Å². The highest BCUT2D eigenvalue weighted by molar-refractivity contribution is 6.04. The zero-order valence-corrected chi connectivity index (χ0v) is 14.6. The summed E-state index contributed by atoms with van der Waals surface area (Å²) in [5, 5.41) is 2.80. The number of carbonyl (C=O) groups excluding carboxylic acids is 2. The van der Waals surface area contributed by atoms with Crippen LogP contribution < -0.4 is 15.0 Å². The first-order valence-corrected chi connectivity index (χ1v) is 8.17. The molecule has 0 bridgehead atoms. The van der Waals surface area contributed by atoms with E-state index in [1.54, 1.807) is 18.1 Å². The van der Waals surface area contributed by atoms with Crippen molar-refractivity contribution in [2.75, 3.05) is 23.9 Å². The minimum absolute atomic E-state index is 0.0822. The van der Waals surface area contributed by atoms with Crippen molar-refractivity contribution in [3.05, 3.63) is 47.7 Å². The molecule has 1 unspecified atom stereocenters. The maximum Gasteiger partial charge on any atom is 0.230 e. The molecule has 1 aromatic carbocycles. The van der Waals surface area contributed by atoms with E-state index < -0.39 is 5.92 Å². The van der Waals surface area contributed by atoms with Crippen LogP contribution in [0.3, 0.4) is 0 Å². The summed E-state index contributed by atoms with van der Waals surface area (Å²) in [5.41, 5.74) is 2.56. The van der Waals surface area contributed by atoms with Gasteiger partial charge in [-0.1, -0.05) is 12.1 Å². The lowest BCUT2D eigenvalue weighted by Gasteiger charge is -2.20. The number of aryl methyl sites for hydroxylation is 2. The molecule has 2 amide bonds. The number of benzene rings is 1. The first kappa shape index (κ1) is 17.0. The Kier molecular flexibility index (Phi) is 4.70. The molecule has 1 aliphatic rings. The second-order valence-electron chi connectivity index (χ2n) is 6.23. The molecule has 25 heavy (non-hydrogen) atoms. The van der Waals surface area contributed by atoms with Gasteiger partial charge in [0.1, 0.15) is 11.6 Å². The second-order valence-corrected chi connectivity index (χ2v) is 6.23. The SMILES string of the molecule is COc1ccc(C)cc1N1CC(C(=O)Nc2cccc(C)n2)CC1=O. The number of hydrogen-bond acceptors (Lipinski definition) is 4. The lowest BCUT2D eigenvalue weighted by molar-refractivity contribution is -0.122. The van der Waals surface area contributed by atoms with Gasteiger partial charge in [0.05, 0.1) is 18.7 Å². The highest BCUT2D eigenvalue weighted by Gasteiger charge is 2.36. The van der Waals surface area contributed by atoms with Crippen molar-refractivity contribution in [3.63, 3.8) is 0 Å². The Balaban J connectivity index is 1.76. The van der Waals surface area contributed by atoms with Crippen LogP contribution in [0.1, 0.15) is 17.7 Å². The summed E-state index contributed by atoms with van der Waals surface area (Å²) in [4.78, 5) is 30.9. The lowest BCUT2D eigenvalue weighted by Crippen LogP contribution is -2.28. The number of hydrogen-bond donors (Lipinski definition) is 1. The van der Waals surface area contributed by atoms with Gasteiger partial charge < -0.3 is 15.0 Å². The normalized spacial score (nSPS) is 16.8. The summed E-state index contributed by atoms with van der Waals surface area (Å²) in [7, 11) is 1.57. The molecule has 2 aromatic rings. The second kappa shape index (κ2) is 6.93. The molecule has 0 aliphatic carbocycles. The van der Waals surface area contributed by atoms with Gasteiger partial charge in [-0.3, -0.25) is 9.59 Å². The zero-order chi connectivity index (χ0) is 18.0. The van der Waals surface area contributed by atoms with E-state index in [2.05, 4.69) is 10.3 Å². The van der Waals surface area contributed by atoms with Gasteiger partial charge in [-0.25, -0.2) is 4.98 Å². The number of aromatic nitrogens is 1. The van der Waals surface area contributed by atoms with Crippen LogP contribution in [0.4, 0.5) is 11.5 Å². The first-order chi connectivity index (χ1) is 12.0. The third-order valence-electron chi connectivity index (χ3n) is 4.26. The number of pyridine rings is 1. The molecule has 1 aliphatic heterocycles. The Morgan fingerprint density at radius 1 is 1.28 bits per heavy atom. The minimum atomic E-state index is -0.417. The smallest absolute Gasteiger partial charge is 0.230 e. The topological polar surface area (TPSA) is 71.5 Å². The number of methoxy groups -OCH3 is 1. The number of carbonyl (C=O) groups is 2. The third kappa shape index (κ3) is 3.63. The molecule has 6 heteroatoms. The molecule has 3 rings (SSSR count). The fraction of sp³-hybridized carbons (Fsp3) is 0.316. The van der Waals surface area contributed by atoms with E-state index in [1.807, 2.05) is 44.2 Å². The fourth-order valence-electron chi connectivity index (χ4n) is 2.97. The van der Waals surface area contributed by atoms with Crippen LogP contribution in [0.5, 0.6) is 5.75 Å². The maximum absolute atomic E-state index is 12.5. The van der Waals surface area contributed by atoms with Crippen LogP contribution in [0.2, 0.25) is 0 Å². The lowest BCUT2D eigenvalue weighted by atomic mass is 10.1. The maximum atomic E-state index is 12.5. The zero-order valence-electron chi connectivity index (χ0n) is 14.6. The van der Waals surface area contributed by atoms with Gasteiger partial charge in [0.2, 0.25) is 11.8 Å². The average Bonchev–Trinajstić information content (AvgIpc) is 2.96. The number of nitrogens with zero attached hydrogens (tertiary/aromatic N) is 2. The van der Waals surface area contributed by atoms with Crippen LogP contribution in [-0.2, 0) is 9.59 Å². The van der Waals surface area contributed by atoms with Gasteiger partial charge in [-0.15, -0.1) is 0 Å². The molecule has 1 saturated heterocycles. The van der Waals surface area contributed by atoms with Gasteiger partial charge in [0.15, 0.2) is 0 Å². The number of ether oxygens (including phenoxy) is 1. The highest BCUT2D eigenvalue weighted by Crippen LogP contribution is 2.34. The summed E-state index contributed by atoms with van der Waals surface area (Å²) in [6.07, 6.45) is 0.175. The predicted molar refractivity (Wildman–Crippen MR) is 95.8 cm³/mol. The van der Waals surface area contributed by atoms with Crippen LogP contribution in [0.25, 0.3) is 0 Å². The molecule has 6 nitrogen and oxygen atoms in total. The molecule has 1 N–H and O–H groups in total. The van der Waals surface area contributed by atoms with Crippen LogP contribution in [0, 0.1) is 19.8 Å². The Morgan fingerprint density at radius 2 is 2.08 bits per heavy atom. The Hall–Kier alpha value is -2.89. The van der Waals surface area contributed by atoms with Crippen molar-refractivity contribution in [2.24, 2.45) is 5.92 Å². The van der Waals surface area contributed by atoms with E-state index in [4.69, 9.17) is 4.74 Å². The van der Waals surface area contributed by atoms with Gasteiger partial charge in [0, 0.05) is 18.7 Å². The van der Waals surface area contributed by atoms with Crippen molar-refractivity contribution in [3.8, 4) is 5.75 Å². The fourth-order valence-corrected chi connectivity index (χ4v) is 2.97. The van der Waals surface area contributed by atoms with Crippen LogP contribution in [0.15, 0.2) is 36.4 Å². The number of anilines is 2. The molecule has 130 valence electrons. The van der Waals surface area contributed by atoms with Gasteiger partial charge >= 0.3 is 0 Å². The summed E-state index contributed by atoms with van der Waals surface area (Å²) >= 11 is 0. The molecule has 1 aromatic heterocycles. The summed E-state index contributed by atoms with van der Waals surface area (Å²) < 4.78 is 5.36. The van der Waals surface area contributed by atoms with Crippen molar-refractivity contribution in [1.82, 2.24) is 4.98 Å². The number of rotatable bonds is 4. The molecule has 0 spiro atoms. The van der Waals surface area contributed by atoms with Crippen molar-refractivity contribution < 1.29 is 14.3 Å². The van der Waals surface area contributed by atoms with Crippen LogP contribution in [-0.4, -0.2) is 30.5 Å². The molecule has 1 atom stereocenters. The van der Waals surface area contributed by atoms with Gasteiger partial charge in [0.25, 0.3) is 0 Å². The summed E-state index contributed by atoms with van der Waals surface area (Å²) in [5.74, 6) is 0.436.